The zero-order chi connectivity index (χ0) is 11.8. The Morgan fingerprint density at radius 1 is 1.12 bits per heavy atom. The van der Waals surface area contributed by atoms with Gasteiger partial charge >= 0.3 is 0 Å². The van der Waals surface area contributed by atoms with E-state index >= 15 is 0 Å². The van der Waals surface area contributed by atoms with Crippen molar-refractivity contribution in [1.82, 2.24) is 4.90 Å². The van der Waals surface area contributed by atoms with Crippen LogP contribution in [0.15, 0.2) is 0 Å². The molecule has 0 aromatic heterocycles. The highest BCUT2D eigenvalue weighted by Crippen LogP contribution is 2.23. The second-order valence-corrected chi connectivity index (χ2v) is 5.03. The maximum atomic E-state index is 5.48. The van der Waals surface area contributed by atoms with Gasteiger partial charge in [-0.25, -0.2) is 0 Å². The van der Waals surface area contributed by atoms with Crippen molar-refractivity contribution in [1.29, 1.82) is 0 Å². The summed E-state index contributed by atoms with van der Waals surface area (Å²) < 4.78 is 10.4. The Morgan fingerprint density at radius 3 is 2.38 bits per heavy atom. The molecule has 3 nitrogen and oxygen atoms in total. The molecule has 0 N–H and O–H groups in total. The maximum absolute atomic E-state index is 5.48. The Bertz CT molecular complexity index is 165. The molecule has 0 unspecified atom stereocenters. The molecular formula is C13H27NO2. The fourth-order valence-electron chi connectivity index (χ4n) is 2.28. The quantitative estimate of drug-likeness (QED) is 0.623. The van der Waals surface area contributed by atoms with E-state index in [1.165, 1.54) is 25.9 Å². The highest BCUT2D eigenvalue weighted by Gasteiger charge is 2.20. The van der Waals surface area contributed by atoms with Gasteiger partial charge in [-0.15, -0.1) is 0 Å². The van der Waals surface area contributed by atoms with Gasteiger partial charge in [0.2, 0.25) is 0 Å². The number of nitrogens with zero attached hydrogens (tertiary/aromatic N) is 1. The predicted molar refractivity (Wildman–Crippen MR) is 66.7 cm³/mol. The molecule has 0 bridgehead atoms. The van der Waals surface area contributed by atoms with Gasteiger partial charge in [-0.1, -0.05) is 13.8 Å². The molecule has 1 aliphatic heterocycles. The molecule has 96 valence electrons. The smallest absolute Gasteiger partial charge is 0.0700 e. The normalized spacial score (nSPS) is 19.5. The first-order valence-corrected chi connectivity index (χ1v) is 6.53. The van der Waals surface area contributed by atoms with Gasteiger partial charge in [0.15, 0.2) is 0 Å². The van der Waals surface area contributed by atoms with Crippen molar-refractivity contribution >= 4 is 0 Å². The van der Waals surface area contributed by atoms with E-state index in [0.29, 0.717) is 6.61 Å². The maximum Gasteiger partial charge on any atom is 0.0700 e. The SMILES string of the molecule is COCCOCCN1CCC(C(C)C)CC1. The minimum absolute atomic E-state index is 0.704. The van der Waals surface area contributed by atoms with Crippen molar-refractivity contribution in [2.24, 2.45) is 11.8 Å². The van der Waals surface area contributed by atoms with Crippen LogP contribution < -0.4 is 0 Å². The lowest BCUT2D eigenvalue weighted by Gasteiger charge is -2.33. The van der Waals surface area contributed by atoms with Gasteiger partial charge in [-0.05, 0) is 37.8 Å². The molecule has 0 amide bonds. The summed E-state index contributed by atoms with van der Waals surface area (Å²) in [5, 5.41) is 0. The first-order chi connectivity index (χ1) is 7.74. The summed E-state index contributed by atoms with van der Waals surface area (Å²) in [7, 11) is 1.71. The van der Waals surface area contributed by atoms with Crippen molar-refractivity contribution in [3.8, 4) is 0 Å². The van der Waals surface area contributed by atoms with Crippen molar-refractivity contribution in [3.63, 3.8) is 0 Å². The fraction of sp³-hybridized carbons (Fsp3) is 1.00. The number of ether oxygens (including phenoxy) is 2. The second kappa shape index (κ2) is 8.04. The van der Waals surface area contributed by atoms with E-state index in [4.69, 9.17) is 9.47 Å². The van der Waals surface area contributed by atoms with Gasteiger partial charge in [0.1, 0.15) is 0 Å². The van der Waals surface area contributed by atoms with E-state index in [1.54, 1.807) is 7.11 Å². The fourth-order valence-corrected chi connectivity index (χ4v) is 2.28. The number of rotatable bonds is 7. The standard InChI is InChI=1S/C13H27NO2/c1-12(2)13-4-6-14(7-5-13)8-9-16-11-10-15-3/h12-13H,4-11H2,1-3H3. The van der Waals surface area contributed by atoms with Crippen molar-refractivity contribution in [2.45, 2.75) is 26.7 Å². The molecule has 0 saturated carbocycles. The van der Waals surface area contributed by atoms with Crippen LogP contribution in [-0.4, -0.2) is 51.5 Å². The number of likely N-dealkylation sites (tertiary alicyclic amines) is 1. The van der Waals surface area contributed by atoms with Crippen LogP contribution in [0.4, 0.5) is 0 Å². The van der Waals surface area contributed by atoms with E-state index in [2.05, 4.69) is 18.7 Å². The summed E-state index contributed by atoms with van der Waals surface area (Å²) >= 11 is 0. The topological polar surface area (TPSA) is 21.7 Å². The Hall–Kier alpha value is -0.120. The molecule has 3 heteroatoms. The molecule has 1 fully saturated rings. The van der Waals surface area contributed by atoms with Gasteiger partial charge in [-0.2, -0.15) is 0 Å². The summed E-state index contributed by atoms with van der Waals surface area (Å²) in [6, 6.07) is 0. The molecule has 1 saturated heterocycles. The summed E-state index contributed by atoms with van der Waals surface area (Å²) in [6.45, 7) is 10.5. The lowest BCUT2D eigenvalue weighted by Crippen LogP contribution is -2.37. The minimum Gasteiger partial charge on any atom is -0.382 e. The lowest BCUT2D eigenvalue weighted by atomic mass is 9.87. The van der Waals surface area contributed by atoms with Crippen LogP contribution in [0.3, 0.4) is 0 Å². The first-order valence-electron chi connectivity index (χ1n) is 6.53. The van der Waals surface area contributed by atoms with Crippen LogP contribution >= 0.6 is 0 Å². The molecular weight excluding hydrogens is 202 g/mol. The van der Waals surface area contributed by atoms with Gasteiger partial charge in [0.05, 0.1) is 19.8 Å². The van der Waals surface area contributed by atoms with Crippen LogP contribution in [0.1, 0.15) is 26.7 Å². The van der Waals surface area contributed by atoms with Gasteiger partial charge in [-0.3, -0.25) is 0 Å². The molecule has 0 aromatic rings. The van der Waals surface area contributed by atoms with E-state index in [-0.39, 0.29) is 0 Å². The zero-order valence-electron chi connectivity index (χ0n) is 11.1. The van der Waals surface area contributed by atoms with Gasteiger partial charge in [0, 0.05) is 13.7 Å². The highest BCUT2D eigenvalue weighted by molar-refractivity contribution is 4.73. The summed E-state index contributed by atoms with van der Waals surface area (Å²) in [4.78, 5) is 2.52. The van der Waals surface area contributed by atoms with Crippen LogP contribution in [0, 0.1) is 11.8 Å². The number of piperidine rings is 1. The number of hydrogen-bond donors (Lipinski definition) is 0. The van der Waals surface area contributed by atoms with E-state index in [1.807, 2.05) is 0 Å². The number of methoxy groups -OCH3 is 1. The van der Waals surface area contributed by atoms with E-state index < -0.39 is 0 Å². The third-order valence-corrected chi connectivity index (χ3v) is 3.56. The molecule has 0 spiro atoms. The molecule has 1 aliphatic rings. The summed E-state index contributed by atoms with van der Waals surface area (Å²) in [5.41, 5.74) is 0. The van der Waals surface area contributed by atoms with Gasteiger partial charge in [0.25, 0.3) is 0 Å². The molecule has 16 heavy (non-hydrogen) atoms. The van der Waals surface area contributed by atoms with Gasteiger partial charge < -0.3 is 14.4 Å². The van der Waals surface area contributed by atoms with Crippen molar-refractivity contribution in [2.75, 3.05) is 46.6 Å². The monoisotopic (exact) mass is 229 g/mol. The third-order valence-electron chi connectivity index (χ3n) is 3.56. The molecule has 0 aromatic carbocycles. The summed E-state index contributed by atoms with van der Waals surface area (Å²) in [5.74, 6) is 1.78. The first kappa shape index (κ1) is 13.9. The van der Waals surface area contributed by atoms with E-state index in [9.17, 15) is 0 Å². The third kappa shape index (κ3) is 5.28. The second-order valence-electron chi connectivity index (χ2n) is 5.03. The Kier molecular flexibility index (Phi) is 7.01. The highest BCUT2D eigenvalue weighted by atomic mass is 16.5. The van der Waals surface area contributed by atoms with Crippen LogP contribution in [0.2, 0.25) is 0 Å². The molecule has 1 heterocycles. The van der Waals surface area contributed by atoms with Crippen molar-refractivity contribution in [3.05, 3.63) is 0 Å². The molecule has 1 rings (SSSR count). The zero-order valence-corrected chi connectivity index (χ0v) is 11.1. The lowest BCUT2D eigenvalue weighted by molar-refractivity contribution is 0.0490. The molecule has 0 aliphatic carbocycles. The molecule has 0 radical (unpaired) electrons. The van der Waals surface area contributed by atoms with Crippen LogP contribution in [0.25, 0.3) is 0 Å². The average Bonchev–Trinajstić information content (AvgIpc) is 2.29. The molecule has 0 atom stereocenters. The van der Waals surface area contributed by atoms with Crippen molar-refractivity contribution < 1.29 is 9.47 Å². The predicted octanol–water partition coefficient (Wildman–Crippen LogP) is 2.02. The minimum atomic E-state index is 0.704. The largest absolute Gasteiger partial charge is 0.382 e. The summed E-state index contributed by atoms with van der Waals surface area (Å²) in [6.07, 6.45) is 2.71. The number of hydrogen-bond acceptors (Lipinski definition) is 3. The Labute approximate surface area is 100 Å². The Balaban J connectivity index is 1.99. The average molecular weight is 229 g/mol. The Morgan fingerprint density at radius 2 is 1.81 bits per heavy atom. The van der Waals surface area contributed by atoms with Crippen LogP contribution in [0.5, 0.6) is 0 Å². The van der Waals surface area contributed by atoms with E-state index in [0.717, 1.165) is 31.6 Å². The van der Waals surface area contributed by atoms with Crippen LogP contribution in [-0.2, 0) is 9.47 Å².